The van der Waals surface area contributed by atoms with E-state index in [1.165, 1.54) is 5.56 Å². The van der Waals surface area contributed by atoms with Gasteiger partial charge in [-0.15, -0.1) is 0 Å². The van der Waals surface area contributed by atoms with Crippen molar-refractivity contribution in [3.8, 4) is 0 Å². The number of carbonyl (C=O) groups excluding carboxylic acids is 1. The number of nitrogens with zero attached hydrogens (tertiary/aromatic N) is 2. The number of hydrogen-bond acceptors (Lipinski definition) is 2. The van der Waals surface area contributed by atoms with Crippen LogP contribution in [0, 0.1) is 5.92 Å². The third-order valence-electron chi connectivity index (χ3n) is 3.64. The largest absolute Gasteiger partial charge is 0.341 e. The molecule has 1 aromatic rings. The van der Waals surface area contributed by atoms with Crippen molar-refractivity contribution < 1.29 is 4.79 Å². The fourth-order valence-corrected chi connectivity index (χ4v) is 2.54. The van der Waals surface area contributed by atoms with Gasteiger partial charge in [0.05, 0.1) is 0 Å². The molecule has 1 amide bonds. The molecular formula is C15H22N2O. The highest BCUT2D eigenvalue weighted by atomic mass is 16.2. The van der Waals surface area contributed by atoms with Crippen molar-refractivity contribution in [3.05, 3.63) is 35.9 Å². The zero-order valence-electron chi connectivity index (χ0n) is 11.3. The molecule has 98 valence electrons. The van der Waals surface area contributed by atoms with Crippen molar-refractivity contribution in [1.82, 2.24) is 9.80 Å². The van der Waals surface area contributed by atoms with E-state index in [2.05, 4.69) is 24.1 Å². The van der Waals surface area contributed by atoms with Crippen LogP contribution in [0.1, 0.15) is 18.4 Å². The fraction of sp³-hybridized carbons (Fsp3) is 0.533. The minimum Gasteiger partial charge on any atom is -0.341 e. The third kappa shape index (κ3) is 3.57. The maximum absolute atomic E-state index is 12.1. The summed E-state index contributed by atoms with van der Waals surface area (Å²) in [6.45, 7) is 2.90. The Morgan fingerprint density at radius 1 is 1.39 bits per heavy atom. The van der Waals surface area contributed by atoms with Gasteiger partial charge in [0.2, 0.25) is 5.91 Å². The van der Waals surface area contributed by atoms with Crippen LogP contribution in [0.2, 0.25) is 0 Å². The van der Waals surface area contributed by atoms with Crippen LogP contribution >= 0.6 is 0 Å². The van der Waals surface area contributed by atoms with Gasteiger partial charge in [0.1, 0.15) is 0 Å². The van der Waals surface area contributed by atoms with Crippen LogP contribution < -0.4 is 0 Å². The number of benzene rings is 1. The number of hydrogen-bond donors (Lipinski definition) is 0. The lowest BCUT2D eigenvalue weighted by Crippen LogP contribution is -2.28. The number of carbonyl (C=O) groups is 1. The van der Waals surface area contributed by atoms with E-state index in [9.17, 15) is 4.79 Å². The molecule has 1 fully saturated rings. The first-order valence-electron chi connectivity index (χ1n) is 6.61. The van der Waals surface area contributed by atoms with Gasteiger partial charge in [0, 0.05) is 26.6 Å². The summed E-state index contributed by atoms with van der Waals surface area (Å²) in [7, 11) is 4.02. The van der Waals surface area contributed by atoms with E-state index in [0.717, 1.165) is 19.5 Å². The van der Waals surface area contributed by atoms with E-state index in [1.54, 1.807) is 0 Å². The van der Waals surface area contributed by atoms with Crippen LogP contribution in [0.3, 0.4) is 0 Å². The molecule has 2 rings (SSSR count). The minimum absolute atomic E-state index is 0.263. The highest BCUT2D eigenvalue weighted by Gasteiger charge is 2.23. The topological polar surface area (TPSA) is 23.6 Å². The molecule has 1 aliphatic rings. The Kier molecular flexibility index (Phi) is 4.37. The molecule has 1 atom stereocenters. The molecule has 1 saturated heterocycles. The lowest BCUT2D eigenvalue weighted by atomic mass is 10.0. The summed E-state index contributed by atoms with van der Waals surface area (Å²) in [6, 6.07) is 10.2. The van der Waals surface area contributed by atoms with E-state index in [4.69, 9.17) is 0 Å². The van der Waals surface area contributed by atoms with Gasteiger partial charge in [-0.3, -0.25) is 4.79 Å². The first-order chi connectivity index (χ1) is 8.65. The Labute approximate surface area is 109 Å². The molecule has 0 N–H and O–H groups in total. The smallest absolute Gasteiger partial charge is 0.222 e. The third-order valence-corrected chi connectivity index (χ3v) is 3.64. The molecule has 0 bridgehead atoms. The summed E-state index contributed by atoms with van der Waals surface area (Å²) < 4.78 is 0. The van der Waals surface area contributed by atoms with Crippen LogP contribution in [-0.4, -0.2) is 42.9 Å². The second kappa shape index (κ2) is 6.01. The van der Waals surface area contributed by atoms with E-state index >= 15 is 0 Å². The molecular weight excluding hydrogens is 224 g/mol. The van der Waals surface area contributed by atoms with Gasteiger partial charge >= 0.3 is 0 Å². The van der Waals surface area contributed by atoms with Crippen LogP contribution in [-0.2, 0) is 11.3 Å². The van der Waals surface area contributed by atoms with Crippen LogP contribution in [0.15, 0.2) is 30.3 Å². The molecule has 0 aromatic heterocycles. The maximum Gasteiger partial charge on any atom is 0.222 e. The molecule has 3 heteroatoms. The standard InChI is InChI=1S/C15H22N2O/c1-16-9-8-14(11-16)10-15(18)17(2)12-13-6-4-3-5-7-13/h3-7,14H,8-12H2,1-2H3. The number of amides is 1. The van der Waals surface area contributed by atoms with Gasteiger partial charge in [-0.2, -0.15) is 0 Å². The van der Waals surface area contributed by atoms with Crippen molar-refractivity contribution in [2.45, 2.75) is 19.4 Å². The van der Waals surface area contributed by atoms with Crippen molar-refractivity contribution in [2.75, 3.05) is 27.2 Å². The second-order valence-electron chi connectivity index (χ2n) is 5.36. The minimum atomic E-state index is 0.263. The van der Waals surface area contributed by atoms with Gasteiger partial charge in [0.15, 0.2) is 0 Å². The number of likely N-dealkylation sites (tertiary alicyclic amines) is 1. The van der Waals surface area contributed by atoms with Gasteiger partial charge < -0.3 is 9.80 Å². The molecule has 0 radical (unpaired) electrons. The average molecular weight is 246 g/mol. The first kappa shape index (κ1) is 13.1. The molecule has 0 spiro atoms. The Balaban J connectivity index is 1.82. The normalized spacial score (nSPS) is 20.0. The molecule has 18 heavy (non-hydrogen) atoms. The summed E-state index contributed by atoms with van der Waals surface area (Å²) >= 11 is 0. The Morgan fingerprint density at radius 3 is 2.72 bits per heavy atom. The van der Waals surface area contributed by atoms with Crippen LogP contribution in [0.5, 0.6) is 0 Å². The van der Waals surface area contributed by atoms with E-state index in [0.29, 0.717) is 18.9 Å². The quantitative estimate of drug-likeness (QED) is 0.811. The fourth-order valence-electron chi connectivity index (χ4n) is 2.54. The van der Waals surface area contributed by atoms with E-state index in [1.807, 2.05) is 30.1 Å². The van der Waals surface area contributed by atoms with E-state index < -0.39 is 0 Å². The second-order valence-corrected chi connectivity index (χ2v) is 5.36. The van der Waals surface area contributed by atoms with Crippen molar-refractivity contribution in [1.29, 1.82) is 0 Å². The van der Waals surface area contributed by atoms with Crippen molar-refractivity contribution in [3.63, 3.8) is 0 Å². The summed E-state index contributed by atoms with van der Waals surface area (Å²) in [6.07, 6.45) is 1.84. The monoisotopic (exact) mass is 246 g/mol. The average Bonchev–Trinajstić information content (AvgIpc) is 2.76. The van der Waals surface area contributed by atoms with Gasteiger partial charge in [-0.1, -0.05) is 30.3 Å². The lowest BCUT2D eigenvalue weighted by Gasteiger charge is -2.19. The highest BCUT2D eigenvalue weighted by Crippen LogP contribution is 2.19. The summed E-state index contributed by atoms with van der Waals surface area (Å²) in [5.41, 5.74) is 1.19. The van der Waals surface area contributed by atoms with Gasteiger partial charge in [0.25, 0.3) is 0 Å². The summed E-state index contributed by atoms with van der Waals surface area (Å²) in [4.78, 5) is 16.3. The SMILES string of the molecule is CN1CCC(CC(=O)N(C)Cc2ccccc2)C1. The van der Waals surface area contributed by atoms with Crippen LogP contribution in [0.4, 0.5) is 0 Å². The highest BCUT2D eigenvalue weighted by molar-refractivity contribution is 5.76. The lowest BCUT2D eigenvalue weighted by molar-refractivity contribution is -0.131. The van der Waals surface area contributed by atoms with Gasteiger partial charge in [-0.05, 0) is 31.5 Å². The molecule has 0 aliphatic carbocycles. The first-order valence-corrected chi connectivity index (χ1v) is 6.61. The Bertz CT molecular complexity index is 391. The molecule has 3 nitrogen and oxygen atoms in total. The molecule has 0 saturated carbocycles. The van der Waals surface area contributed by atoms with Crippen molar-refractivity contribution in [2.24, 2.45) is 5.92 Å². The van der Waals surface area contributed by atoms with Gasteiger partial charge in [-0.25, -0.2) is 0 Å². The maximum atomic E-state index is 12.1. The summed E-state index contributed by atoms with van der Waals surface area (Å²) in [5.74, 6) is 0.805. The summed E-state index contributed by atoms with van der Waals surface area (Å²) in [5, 5.41) is 0. The van der Waals surface area contributed by atoms with E-state index in [-0.39, 0.29) is 5.91 Å². The zero-order chi connectivity index (χ0) is 13.0. The predicted molar refractivity (Wildman–Crippen MR) is 73.1 cm³/mol. The van der Waals surface area contributed by atoms with Crippen LogP contribution in [0.25, 0.3) is 0 Å². The molecule has 1 heterocycles. The zero-order valence-corrected chi connectivity index (χ0v) is 11.3. The molecule has 1 aromatic carbocycles. The molecule has 1 aliphatic heterocycles. The molecule has 1 unspecified atom stereocenters. The predicted octanol–water partition coefficient (Wildman–Crippen LogP) is 1.99. The van der Waals surface area contributed by atoms with Crippen molar-refractivity contribution >= 4 is 5.91 Å². The Hall–Kier alpha value is -1.35. The number of rotatable bonds is 4. The Morgan fingerprint density at radius 2 is 2.11 bits per heavy atom.